The normalized spacial score (nSPS) is 19.6. The van der Waals surface area contributed by atoms with Crippen molar-refractivity contribution >= 4 is 16.7 Å². The number of aromatic nitrogens is 1. The molecular formula is C25H37N3O5S. The van der Waals surface area contributed by atoms with Crippen molar-refractivity contribution in [2.75, 3.05) is 46.2 Å². The van der Waals surface area contributed by atoms with Crippen LogP contribution in [0.3, 0.4) is 0 Å². The maximum atomic E-state index is 12.6. The van der Waals surface area contributed by atoms with E-state index in [4.69, 9.17) is 13.9 Å². The number of rotatable bonds is 11. The lowest BCUT2D eigenvalue weighted by Gasteiger charge is -2.34. The molecule has 1 aliphatic rings. The van der Waals surface area contributed by atoms with Gasteiger partial charge in [-0.1, -0.05) is 13.8 Å². The molecule has 34 heavy (non-hydrogen) atoms. The van der Waals surface area contributed by atoms with Crippen molar-refractivity contribution in [2.45, 2.75) is 39.4 Å². The Hall–Kier alpha value is -2.39. The van der Waals surface area contributed by atoms with Gasteiger partial charge in [0.2, 0.25) is 11.8 Å². The number of carbonyl (C=O) groups excluding carboxylic acids is 1. The smallest absolute Gasteiger partial charge is 0.232 e. The minimum atomic E-state index is -1.37. The van der Waals surface area contributed by atoms with E-state index in [-0.39, 0.29) is 17.4 Å². The van der Waals surface area contributed by atoms with Crippen LogP contribution in [0, 0.1) is 18.8 Å². The van der Waals surface area contributed by atoms with E-state index < -0.39 is 10.8 Å². The van der Waals surface area contributed by atoms with Gasteiger partial charge in [0.1, 0.15) is 11.5 Å². The fourth-order valence-corrected chi connectivity index (χ4v) is 5.63. The van der Waals surface area contributed by atoms with Crippen molar-refractivity contribution in [3.8, 4) is 23.0 Å². The van der Waals surface area contributed by atoms with E-state index in [9.17, 15) is 9.00 Å². The molecule has 0 saturated carbocycles. The maximum absolute atomic E-state index is 12.6. The van der Waals surface area contributed by atoms with Gasteiger partial charge in [0.25, 0.3) is 0 Å². The second kappa shape index (κ2) is 12.4. The fraction of sp³-hybridized carbons (Fsp3) is 0.600. The van der Waals surface area contributed by atoms with Gasteiger partial charge >= 0.3 is 0 Å². The number of likely N-dealkylation sites (tertiary alicyclic amines) is 1. The molecule has 1 saturated heterocycles. The van der Waals surface area contributed by atoms with Crippen LogP contribution in [-0.2, 0) is 21.3 Å². The number of oxazole rings is 1. The number of ether oxygens (including phenoxy) is 2. The maximum Gasteiger partial charge on any atom is 0.232 e. The summed E-state index contributed by atoms with van der Waals surface area (Å²) in [5.74, 6) is 3.57. The van der Waals surface area contributed by atoms with E-state index in [0.717, 1.165) is 43.5 Å². The van der Waals surface area contributed by atoms with Crippen LogP contribution < -0.4 is 14.8 Å². The van der Waals surface area contributed by atoms with Crippen LogP contribution in [0.2, 0.25) is 0 Å². The number of benzene rings is 1. The summed E-state index contributed by atoms with van der Waals surface area (Å²) in [6.45, 7) is 10.2. The second-order valence-electron chi connectivity index (χ2n) is 9.23. The summed E-state index contributed by atoms with van der Waals surface area (Å²) in [6, 6.07) is 5.39. The highest BCUT2D eigenvalue weighted by atomic mass is 32.2. The molecule has 9 heteroatoms. The third kappa shape index (κ3) is 7.30. The van der Waals surface area contributed by atoms with E-state index in [0.29, 0.717) is 35.4 Å². The van der Waals surface area contributed by atoms with E-state index in [1.165, 1.54) is 6.42 Å². The van der Waals surface area contributed by atoms with Crippen molar-refractivity contribution < 1.29 is 22.9 Å². The molecule has 0 unspecified atom stereocenters. The first-order valence-electron chi connectivity index (χ1n) is 11.8. The van der Waals surface area contributed by atoms with Crippen molar-refractivity contribution in [3.05, 3.63) is 29.7 Å². The summed E-state index contributed by atoms with van der Waals surface area (Å²) in [5.41, 5.74) is 1.32. The van der Waals surface area contributed by atoms with Crippen LogP contribution in [0.5, 0.6) is 11.5 Å². The zero-order chi connectivity index (χ0) is 24.7. The van der Waals surface area contributed by atoms with Gasteiger partial charge in [0, 0.05) is 36.0 Å². The number of methoxy groups -OCH3 is 2. The number of aryl methyl sites for hydroxylation is 1. The summed E-state index contributed by atoms with van der Waals surface area (Å²) in [4.78, 5) is 19.2. The Bertz CT molecular complexity index is 983. The van der Waals surface area contributed by atoms with Crippen LogP contribution >= 0.6 is 0 Å². The Morgan fingerprint density at radius 3 is 2.59 bits per heavy atom. The lowest BCUT2D eigenvalue weighted by atomic mass is 9.92. The van der Waals surface area contributed by atoms with E-state index in [1.54, 1.807) is 33.3 Å². The highest BCUT2D eigenvalue weighted by Crippen LogP contribution is 2.32. The standard InChI is InChI=1S/C25H37N3O5S/c1-17-11-18(2)14-28(13-17)10-6-9-26-24(29)16-34(30)15-21-19(3)33-25(27-21)20-7-8-22(31-4)23(12-20)32-5/h7-8,12,17-18H,6,9-11,13-16H2,1-5H3,(H,26,29)/t17-,18+,34-/m0/s1. The molecule has 2 aromatic rings. The zero-order valence-corrected chi connectivity index (χ0v) is 21.7. The molecule has 0 bridgehead atoms. The largest absolute Gasteiger partial charge is 0.493 e. The highest BCUT2D eigenvalue weighted by Gasteiger charge is 2.21. The Morgan fingerprint density at radius 1 is 1.21 bits per heavy atom. The molecule has 3 atom stereocenters. The Balaban J connectivity index is 1.46. The monoisotopic (exact) mass is 491 g/mol. The molecule has 0 spiro atoms. The molecule has 0 aliphatic carbocycles. The molecule has 1 aromatic heterocycles. The topological polar surface area (TPSA) is 93.9 Å². The number of piperidine rings is 1. The van der Waals surface area contributed by atoms with Crippen LogP contribution in [0.25, 0.3) is 11.5 Å². The molecule has 1 amide bonds. The Kier molecular flexibility index (Phi) is 9.53. The lowest BCUT2D eigenvalue weighted by molar-refractivity contribution is -0.118. The molecule has 1 aromatic carbocycles. The van der Waals surface area contributed by atoms with Crippen LogP contribution in [0.15, 0.2) is 22.6 Å². The molecule has 1 aliphatic heterocycles. The Labute approximate surface area is 204 Å². The number of carbonyl (C=O) groups is 1. The number of nitrogens with zero attached hydrogens (tertiary/aromatic N) is 2. The molecule has 1 fully saturated rings. The first kappa shape index (κ1) is 26.2. The van der Waals surface area contributed by atoms with Crippen molar-refractivity contribution in [3.63, 3.8) is 0 Å². The SMILES string of the molecule is COc1ccc(-c2nc(C[S@](=O)CC(=O)NCCCN3C[C@H](C)C[C@H](C)C3)c(C)o2)cc1OC. The summed E-state index contributed by atoms with van der Waals surface area (Å²) in [5, 5.41) is 2.90. The summed E-state index contributed by atoms with van der Waals surface area (Å²) < 4.78 is 29.0. The third-order valence-electron chi connectivity index (χ3n) is 6.03. The zero-order valence-electron chi connectivity index (χ0n) is 20.9. The average Bonchev–Trinajstić information content (AvgIpc) is 3.15. The van der Waals surface area contributed by atoms with E-state index in [1.807, 2.05) is 6.07 Å². The van der Waals surface area contributed by atoms with Crippen molar-refractivity contribution in [2.24, 2.45) is 11.8 Å². The molecule has 0 radical (unpaired) electrons. The van der Waals surface area contributed by atoms with E-state index >= 15 is 0 Å². The number of hydrogen-bond donors (Lipinski definition) is 1. The number of hydrogen-bond acceptors (Lipinski definition) is 7. The van der Waals surface area contributed by atoms with Gasteiger partial charge in [0.05, 0.1) is 25.7 Å². The van der Waals surface area contributed by atoms with Gasteiger partial charge in [-0.2, -0.15) is 0 Å². The fourth-order valence-electron chi connectivity index (χ4n) is 4.56. The second-order valence-corrected chi connectivity index (χ2v) is 10.7. The highest BCUT2D eigenvalue weighted by molar-refractivity contribution is 7.84. The first-order chi connectivity index (χ1) is 16.3. The number of amides is 1. The summed E-state index contributed by atoms with van der Waals surface area (Å²) >= 11 is 0. The third-order valence-corrected chi connectivity index (χ3v) is 7.21. The van der Waals surface area contributed by atoms with Gasteiger partial charge < -0.3 is 24.1 Å². The lowest BCUT2D eigenvalue weighted by Crippen LogP contribution is -2.40. The van der Waals surface area contributed by atoms with Gasteiger partial charge in [-0.25, -0.2) is 4.98 Å². The molecule has 188 valence electrons. The predicted molar refractivity (Wildman–Crippen MR) is 134 cm³/mol. The van der Waals surface area contributed by atoms with Gasteiger partial charge in [0.15, 0.2) is 11.5 Å². The van der Waals surface area contributed by atoms with Crippen LogP contribution in [-0.4, -0.2) is 66.2 Å². The minimum Gasteiger partial charge on any atom is -0.493 e. The van der Waals surface area contributed by atoms with Gasteiger partial charge in [-0.05, 0) is 56.3 Å². The molecule has 8 nitrogen and oxygen atoms in total. The van der Waals surface area contributed by atoms with Gasteiger partial charge in [-0.3, -0.25) is 9.00 Å². The van der Waals surface area contributed by atoms with Crippen LogP contribution in [0.1, 0.15) is 38.1 Å². The average molecular weight is 492 g/mol. The Morgan fingerprint density at radius 2 is 1.91 bits per heavy atom. The summed E-state index contributed by atoms with van der Waals surface area (Å²) in [6.07, 6.45) is 2.19. The van der Waals surface area contributed by atoms with Gasteiger partial charge in [-0.15, -0.1) is 0 Å². The van der Waals surface area contributed by atoms with Crippen molar-refractivity contribution in [1.29, 1.82) is 0 Å². The summed E-state index contributed by atoms with van der Waals surface area (Å²) in [7, 11) is 1.77. The predicted octanol–water partition coefficient (Wildman–Crippen LogP) is 3.40. The van der Waals surface area contributed by atoms with Crippen molar-refractivity contribution in [1.82, 2.24) is 15.2 Å². The minimum absolute atomic E-state index is 0.0459. The molecule has 3 rings (SSSR count). The molecule has 1 N–H and O–H groups in total. The van der Waals surface area contributed by atoms with Crippen LogP contribution in [0.4, 0.5) is 0 Å². The van der Waals surface area contributed by atoms with E-state index in [2.05, 4.69) is 29.0 Å². The molecular weight excluding hydrogens is 454 g/mol. The quantitative estimate of drug-likeness (QED) is 0.482. The first-order valence-corrected chi connectivity index (χ1v) is 13.3. The number of nitrogens with one attached hydrogen (secondary N) is 1. The molecule has 2 heterocycles.